The summed E-state index contributed by atoms with van der Waals surface area (Å²) in [6.45, 7) is 3.89. The molecule has 4 aliphatic heterocycles. The van der Waals surface area contributed by atoms with Crippen molar-refractivity contribution in [3.8, 4) is 12.3 Å². The van der Waals surface area contributed by atoms with E-state index in [0.717, 1.165) is 62.9 Å². The molecule has 0 aromatic heterocycles. The lowest BCUT2D eigenvalue weighted by atomic mass is 10.0. The zero-order valence-electron chi connectivity index (χ0n) is 37.7. The highest BCUT2D eigenvalue weighted by atomic mass is 32.2. The van der Waals surface area contributed by atoms with E-state index in [4.69, 9.17) is 26.7 Å². The van der Waals surface area contributed by atoms with E-state index < -0.39 is 0 Å². The lowest BCUT2D eigenvalue weighted by Gasteiger charge is -2.21. The summed E-state index contributed by atoms with van der Waals surface area (Å²) in [4.78, 5) is 64.0. The SMILES string of the molecule is C#CCCC(=O)CCCOCCOCCN(CC(=O)NCCCCNC(=O)CCCC[C@@H]1SC[C@@H]2NC(=N)N[C@@H]21)CC(=O)NCCCCNC(=O)CCCC[C@@H]1SC[C@@H]2NC(=N)N[C@@H]21. The number of ether oxygens (including phenoxy) is 2. The third-order valence-electron chi connectivity index (χ3n) is 11.7. The van der Waals surface area contributed by atoms with Crippen LogP contribution in [0, 0.1) is 23.2 Å². The Balaban J connectivity index is 1.02. The van der Waals surface area contributed by atoms with Crippen LogP contribution in [-0.2, 0) is 33.4 Å². The van der Waals surface area contributed by atoms with Crippen molar-refractivity contribution in [1.82, 2.24) is 47.4 Å². The van der Waals surface area contributed by atoms with Gasteiger partial charge in [0.25, 0.3) is 0 Å². The van der Waals surface area contributed by atoms with Crippen LogP contribution >= 0.6 is 23.5 Å². The van der Waals surface area contributed by atoms with Crippen LogP contribution in [0.4, 0.5) is 0 Å². The fourth-order valence-electron chi connectivity index (χ4n) is 8.16. The van der Waals surface area contributed by atoms with Crippen LogP contribution in [0.2, 0.25) is 0 Å². The van der Waals surface area contributed by atoms with Gasteiger partial charge in [-0.25, -0.2) is 0 Å². The second kappa shape index (κ2) is 31.2. The molecule has 18 nitrogen and oxygen atoms in total. The lowest BCUT2D eigenvalue weighted by Crippen LogP contribution is -2.44. The molecule has 6 atom stereocenters. The van der Waals surface area contributed by atoms with Crippen LogP contribution in [0.3, 0.4) is 0 Å². The van der Waals surface area contributed by atoms with Gasteiger partial charge < -0.3 is 52.0 Å². The van der Waals surface area contributed by atoms with Crippen LogP contribution in [0.25, 0.3) is 0 Å². The first-order valence-corrected chi connectivity index (χ1v) is 25.6. The molecular weight excluding hydrogens is 859 g/mol. The number of carbonyl (C=O) groups excluding carboxylic acids is 5. The third kappa shape index (κ3) is 21.5. The molecule has 4 heterocycles. The van der Waals surface area contributed by atoms with Gasteiger partial charge in [0.1, 0.15) is 5.78 Å². The van der Waals surface area contributed by atoms with Crippen LogP contribution in [0.1, 0.15) is 103 Å². The Morgan fingerprint density at radius 2 is 1.06 bits per heavy atom. The first-order chi connectivity index (χ1) is 31.1. The van der Waals surface area contributed by atoms with Crippen LogP contribution in [-0.4, -0.2) is 165 Å². The Morgan fingerprint density at radius 1 is 0.594 bits per heavy atom. The maximum absolute atomic E-state index is 12.9. The average Bonchev–Trinajstić information content (AvgIpc) is 4.03. The standard InChI is InChI=1S/C44H75N11O7S2/c1-2-3-13-32(56)14-12-24-61-26-27-62-25-23-55(28-39(59)49-21-10-8-19-47-37(57)17-6-4-15-35-41-33(30-63-35)51-43(45)53-41)29-40(60)50-22-11-9-20-48-38(58)18-7-5-16-36-42-34(31-64-36)52-44(46)54-42/h1,33-36,41-42H,3-31H2,(H,47,57)(H,48,58)(H,49,59)(H,50,60)(H3,45,51,53)(H3,46,52,54)/t33-,34-,35-,36-,41-,42-/m0/s1. The maximum atomic E-state index is 12.9. The highest BCUT2D eigenvalue weighted by Crippen LogP contribution is 2.34. The van der Waals surface area contributed by atoms with Crippen molar-refractivity contribution < 1.29 is 33.4 Å². The molecule has 0 aliphatic carbocycles. The van der Waals surface area contributed by atoms with E-state index in [1.165, 1.54) is 0 Å². The monoisotopic (exact) mass is 934 g/mol. The molecule has 0 aromatic rings. The summed E-state index contributed by atoms with van der Waals surface area (Å²) < 4.78 is 11.3. The van der Waals surface area contributed by atoms with Crippen molar-refractivity contribution in [2.75, 3.05) is 83.7 Å². The predicted molar refractivity (Wildman–Crippen MR) is 253 cm³/mol. The van der Waals surface area contributed by atoms with Crippen LogP contribution < -0.4 is 42.5 Å². The van der Waals surface area contributed by atoms with Crippen molar-refractivity contribution in [2.24, 2.45) is 0 Å². The number of nitrogens with one attached hydrogen (secondary N) is 10. The second-order valence-corrected chi connectivity index (χ2v) is 19.5. The zero-order chi connectivity index (χ0) is 45.8. The molecular formula is C44H75N11O7S2. The van der Waals surface area contributed by atoms with Crippen molar-refractivity contribution >= 4 is 64.9 Å². The van der Waals surface area contributed by atoms with E-state index in [-0.39, 0.29) is 42.5 Å². The number of hydrogen-bond acceptors (Lipinski definition) is 12. The van der Waals surface area contributed by atoms with Crippen LogP contribution in [0.15, 0.2) is 0 Å². The fraction of sp³-hybridized carbons (Fsp3) is 0.795. The number of terminal acetylenes is 1. The van der Waals surface area contributed by atoms with E-state index in [0.29, 0.717) is 157 Å². The lowest BCUT2D eigenvalue weighted by molar-refractivity contribution is -0.126. The van der Waals surface area contributed by atoms with E-state index in [9.17, 15) is 24.0 Å². The molecule has 4 rings (SSSR count). The number of fused-ring (bicyclic) bond motifs is 2. The van der Waals surface area contributed by atoms with Gasteiger partial charge in [0.15, 0.2) is 11.9 Å². The van der Waals surface area contributed by atoms with Crippen molar-refractivity contribution in [3.63, 3.8) is 0 Å². The number of carbonyl (C=O) groups is 5. The minimum atomic E-state index is -0.199. The quantitative estimate of drug-likeness (QED) is 0.0313. The third-order valence-corrected chi connectivity index (χ3v) is 14.7. The Labute approximate surface area is 388 Å². The molecule has 0 aromatic carbocycles. The molecule has 20 heteroatoms. The van der Waals surface area contributed by atoms with Crippen LogP contribution in [0.5, 0.6) is 0 Å². The zero-order valence-corrected chi connectivity index (χ0v) is 39.3. The molecule has 0 radical (unpaired) electrons. The van der Waals surface area contributed by atoms with Crippen molar-refractivity contribution in [2.45, 2.75) is 137 Å². The van der Waals surface area contributed by atoms with Gasteiger partial charge in [0.2, 0.25) is 23.6 Å². The first kappa shape index (κ1) is 52.9. The minimum Gasteiger partial charge on any atom is -0.379 e. The number of thioether (sulfide) groups is 2. The number of rotatable bonds is 36. The van der Waals surface area contributed by atoms with E-state index in [1.807, 2.05) is 23.5 Å². The molecule has 0 unspecified atom stereocenters. The molecule has 0 spiro atoms. The molecule has 0 saturated carbocycles. The largest absolute Gasteiger partial charge is 0.379 e. The molecule has 360 valence electrons. The number of nitrogens with zero attached hydrogens (tertiary/aromatic N) is 1. The van der Waals surface area contributed by atoms with Crippen molar-refractivity contribution in [3.05, 3.63) is 0 Å². The Kier molecular flexibility index (Phi) is 25.8. The summed E-state index contributed by atoms with van der Waals surface area (Å²) in [6.07, 6.45) is 16.7. The number of amides is 4. The number of guanidine groups is 2. The summed E-state index contributed by atoms with van der Waals surface area (Å²) in [6, 6.07) is 1.29. The second-order valence-electron chi connectivity index (χ2n) is 16.9. The Bertz CT molecular complexity index is 1450. The highest BCUT2D eigenvalue weighted by Gasteiger charge is 2.42. The Hall–Kier alpha value is -3.77. The van der Waals surface area contributed by atoms with Gasteiger partial charge in [-0.1, -0.05) is 12.8 Å². The fourth-order valence-corrected chi connectivity index (χ4v) is 11.2. The van der Waals surface area contributed by atoms with E-state index in [2.05, 4.69) is 48.5 Å². The smallest absolute Gasteiger partial charge is 0.234 e. The molecule has 0 bridgehead atoms. The number of hydrogen-bond donors (Lipinski definition) is 10. The first-order valence-electron chi connectivity index (χ1n) is 23.5. The molecule has 64 heavy (non-hydrogen) atoms. The van der Waals surface area contributed by atoms with E-state index >= 15 is 0 Å². The van der Waals surface area contributed by atoms with Gasteiger partial charge in [0, 0.05) is 93.4 Å². The van der Waals surface area contributed by atoms with Gasteiger partial charge in [-0.2, -0.15) is 23.5 Å². The summed E-state index contributed by atoms with van der Waals surface area (Å²) in [5, 5.41) is 41.1. The number of ketones is 1. The predicted octanol–water partition coefficient (Wildman–Crippen LogP) is 1.19. The maximum Gasteiger partial charge on any atom is 0.234 e. The molecule has 4 amide bonds. The van der Waals surface area contributed by atoms with Gasteiger partial charge in [0.05, 0.1) is 57.1 Å². The number of Topliss-reactive ketones (excluding diaryl/α,β-unsaturated/α-hetero) is 1. The van der Waals surface area contributed by atoms with Gasteiger partial charge in [-0.15, -0.1) is 12.3 Å². The van der Waals surface area contributed by atoms with Crippen molar-refractivity contribution in [1.29, 1.82) is 10.8 Å². The van der Waals surface area contributed by atoms with Gasteiger partial charge in [-0.3, -0.25) is 39.7 Å². The Morgan fingerprint density at radius 3 is 1.55 bits per heavy atom. The summed E-state index contributed by atoms with van der Waals surface area (Å²) in [5.74, 6) is 5.14. The molecule has 10 N–H and O–H groups in total. The minimum absolute atomic E-state index is 0.0268. The topological polar surface area (TPSA) is 251 Å². The molecule has 4 aliphatic rings. The van der Waals surface area contributed by atoms with E-state index in [1.54, 1.807) is 4.90 Å². The number of unbranched alkanes of at least 4 members (excludes halogenated alkanes) is 4. The summed E-state index contributed by atoms with van der Waals surface area (Å²) in [5.41, 5.74) is 0. The average molecular weight is 934 g/mol. The summed E-state index contributed by atoms with van der Waals surface area (Å²) in [7, 11) is 0. The summed E-state index contributed by atoms with van der Waals surface area (Å²) >= 11 is 3.87. The van der Waals surface area contributed by atoms with Gasteiger partial charge in [-0.05, 0) is 57.8 Å². The molecule has 4 saturated heterocycles. The van der Waals surface area contributed by atoms with Gasteiger partial charge >= 0.3 is 0 Å². The normalized spacial score (nSPS) is 21.8. The highest BCUT2D eigenvalue weighted by molar-refractivity contribution is 8.00. The molecule has 4 fully saturated rings.